The fourth-order valence-electron chi connectivity index (χ4n) is 2.27. The van der Waals surface area contributed by atoms with E-state index in [4.69, 9.17) is 14.2 Å². The first-order chi connectivity index (χ1) is 11.3. The third-order valence-electron chi connectivity index (χ3n) is 3.46. The predicted octanol–water partition coefficient (Wildman–Crippen LogP) is 2.16. The second kappa shape index (κ2) is 7.65. The number of hydrogen-bond acceptors (Lipinski definition) is 4. The number of rotatable bonds is 6. The molecule has 2 aromatic rings. The molecule has 0 bridgehead atoms. The Balaban J connectivity index is 1.37. The molecule has 0 fully saturated rings. The van der Waals surface area contributed by atoms with Gasteiger partial charge in [-0.1, -0.05) is 42.5 Å². The molecule has 120 valence electrons. The van der Waals surface area contributed by atoms with Crippen LogP contribution in [0.15, 0.2) is 54.6 Å². The molecule has 1 N–H and O–H groups in total. The van der Waals surface area contributed by atoms with Gasteiger partial charge in [0.05, 0.1) is 13.2 Å². The summed E-state index contributed by atoms with van der Waals surface area (Å²) in [6, 6.07) is 17.2. The van der Waals surface area contributed by atoms with Gasteiger partial charge < -0.3 is 19.5 Å². The molecule has 1 amide bonds. The fraction of sp³-hybridized carbons (Fsp3) is 0.278. The smallest absolute Gasteiger partial charge is 0.264 e. The maximum absolute atomic E-state index is 12.1. The average Bonchev–Trinajstić information content (AvgIpc) is 2.61. The number of ether oxygens (including phenoxy) is 3. The van der Waals surface area contributed by atoms with Crippen molar-refractivity contribution in [2.24, 2.45) is 0 Å². The zero-order chi connectivity index (χ0) is 15.9. The van der Waals surface area contributed by atoms with Gasteiger partial charge in [-0.15, -0.1) is 0 Å². The summed E-state index contributed by atoms with van der Waals surface area (Å²) in [6.45, 7) is 1.64. The van der Waals surface area contributed by atoms with E-state index in [0.717, 1.165) is 5.56 Å². The van der Waals surface area contributed by atoms with Gasteiger partial charge in [-0.25, -0.2) is 0 Å². The topological polar surface area (TPSA) is 56.8 Å². The van der Waals surface area contributed by atoms with E-state index in [1.165, 1.54) is 0 Å². The minimum absolute atomic E-state index is 0.192. The molecular formula is C18H19NO4. The first kappa shape index (κ1) is 15.4. The summed E-state index contributed by atoms with van der Waals surface area (Å²) in [5.74, 6) is 1.07. The molecule has 1 aliphatic rings. The Hall–Kier alpha value is -2.53. The third kappa shape index (κ3) is 4.23. The number of carbonyl (C=O) groups is 1. The van der Waals surface area contributed by atoms with E-state index >= 15 is 0 Å². The van der Waals surface area contributed by atoms with Crippen LogP contribution in [0.2, 0.25) is 0 Å². The van der Waals surface area contributed by atoms with E-state index < -0.39 is 6.10 Å². The van der Waals surface area contributed by atoms with Crippen LogP contribution in [0.3, 0.4) is 0 Å². The summed E-state index contributed by atoms with van der Waals surface area (Å²) in [7, 11) is 0. The lowest BCUT2D eigenvalue weighted by molar-refractivity contribution is -0.130. The zero-order valence-electron chi connectivity index (χ0n) is 12.7. The van der Waals surface area contributed by atoms with Gasteiger partial charge in [0.15, 0.2) is 11.5 Å². The van der Waals surface area contributed by atoms with Crippen molar-refractivity contribution in [2.45, 2.75) is 12.7 Å². The lowest BCUT2D eigenvalue weighted by Gasteiger charge is -2.25. The van der Waals surface area contributed by atoms with Crippen molar-refractivity contribution in [3.05, 3.63) is 60.2 Å². The van der Waals surface area contributed by atoms with Crippen molar-refractivity contribution in [1.82, 2.24) is 5.32 Å². The zero-order valence-corrected chi connectivity index (χ0v) is 12.7. The molecule has 0 spiro atoms. The van der Waals surface area contributed by atoms with Crippen molar-refractivity contribution in [1.29, 1.82) is 0 Å². The van der Waals surface area contributed by atoms with E-state index in [9.17, 15) is 4.79 Å². The van der Waals surface area contributed by atoms with Crippen LogP contribution in [-0.4, -0.2) is 31.8 Å². The second-order valence-electron chi connectivity index (χ2n) is 5.19. The van der Waals surface area contributed by atoms with Gasteiger partial charge in [-0.2, -0.15) is 0 Å². The Morgan fingerprint density at radius 2 is 1.83 bits per heavy atom. The van der Waals surface area contributed by atoms with Gasteiger partial charge in [-0.05, 0) is 17.7 Å². The minimum atomic E-state index is -0.626. The number of amides is 1. The molecule has 5 nitrogen and oxygen atoms in total. The molecule has 0 aliphatic carbocycles. The first-order valence-electron chi connectivity index (χ1n) is 7.61. The van der Waals surface area contributed by atoms with Crippen LogP contribution in [0.1, 0.15) is 5.56 Å². The number of para-hydroxylation sites is 2. The Bertz CT molecular complexity index is 644. The quantitative estimate of drug-likeness (QED) is 0.830. The highest BCUT2D eigenvalue weighted by Crippen LogP contribution is 2.30. The molecule has 0 radical (unpaired) electrons. The van der Waals surface area contributed by atoms with E-state index in [-0.39, 0.29) is 12.5 Å². The van der Waals surface area contributed by atoms with Crippen LogP contribution in [0.5, 0.6) is 11.5 Å². The van der Waals surface area contributed by atoms with Gasteiger partial charge in [0, 0.05) is 6.54 Å². The summed E-state index contributed by atoms with van der Waals surface area (Å²) in [5, 5.41) is 2.80. The number of benzene rings is 2. The molecule has 23 heavy (non-hydrogen) atoms. The van der Waals surface area contributed by atoms with Crippen molar-refractivity contribution < 1.29 is 19.0 Å². The first-order valence-corrected chi connectivity index (χ1v) is 7.61. The summed E-state index contributed by atoms with van der Waals surface area (Å²) < 4.78 is 16.7. The molecule has 0 saturated carbocycles. The number of fused-ring (bicyclic) bond motifs is 1. The molecule has 0 saturated heterocycles. The summed E-state index contributed by atoms with van der Waals surface area (Å²) in [4.78, 5) is 12.1. The van der Waals surface area contributed by atoms with Crippen molar-refractivity contribution in [3.63, 3.8) is 0 Å². The van der Waals surface area contributed by atoms with Crippen molar-refractivity contribution in [3.8, 4) is 11.5 Å². The van der Waals surface area contributed by atoms with Crippen LogP contribution in [-0.2, 0) is 16.1 Å². The lowest BCUT2D eigenvalue weighted by Crippen LogP contribution is -2.44. The van der Waals surface area contributed by atoms with Crippen LogP contribution in [0, 0.1) is 0 Å². The van der Waals surface area contributed by atoms with Crippen LogP contribution in [0.25, 0.3) is 0 Å². The lowest BCUT2D eigenvalue weighted by atomic mass is 10.2. The molecule has 2 aromatic carbocycles. The summed E-state index contributed by atoms with van der Waals surface area (Å²) in [5.41, 5.74) is 1.11. The van der Waals surface area contributed by atoms with E-state index in [0.29, 0.717) is 31.3 Å². The van der Waals surface area contributed by atoms with Gasteiger partial charge in [0.2, 0.25) is 6.10 Å². The molecule has 3 rings (SSSR count). The SMILES string of the molecule is O=C(NCCOCc1ccccc1)[C@@H]1COc2ccccc2O1. The Morgan fingerprint density at radius 3 is 2.65 bits per heavy atom. The van der Waals surface area contributed by atoms with E-state index in [2.05, 4.69) is 5.32 Å². The summed E-state index contributed by atoms with van der Waals surface area (Å²) >= 11 is 0. The van der Waals surface area contributed by atoms with Crippen LogP contribution in [0.4, 0.5) is 0 Å². The van der Waals surface area contributed by atoms with E-state index in [1.54, 1.807) is 6.07 Å². The molecule has 1 atom stereocenters. The van der Waals surface area contributed by atoms with Crippen LogP contribution < -0.4 is 14.8 Å². The molecule has 0 aromatic heterocycles. The maximum atomic E-state index is 12.1. The number of carbonyl (C=O) groups excluding carboxylic acids is 1. The second-order valence-corrected chi connectivity index (χ2v) is 5.19. The standard InChI is InChI=1S/C18H19NO4/c20-18(17-13-22-15-8-4-5-9-16(15)23-17)19-10-11-21-12-14-6-2-1-3-7-14/h1-9,17H,10-13H2,(H,19,20)/t17-/m0/s1. The monoisotopic (exact) mass is 313 g/mol. The van der Waals surface area contributed by atoms with E-state index in [1.807, 2.05) is 48.5 Å². The minimum Gasteiger partial charge on any atom is -0.485 e. The highest BCUT2D eigenvalue weighted by Gasteiger charge is 2.26. The largest absolute Gasteiger partial charge is 0.485 e. The van der Waals surface area contributed by atoms with Crippen molar-refractivity contribution in [2.75, 3.05) is 19.8 Å². The normalized spacial score (nSPS) is 15.9. The van der Waals surface area contributed by atoms with Gasteiger partial charge in [0.25, 0.3) is 5.91 Å². The molecule has 0 unspecified atom stereocenters. The summed E-state index contributed by atoms with van der Waals surface area (Å²) in [6.07, 6.45) is -0.626. The number of hydrogen-bond donors (Lipinski definition) is 1. The van der Waals surface area contributed by atoms with Gasteiger partial charge in [0.1, 0.15) is 6.61 Å². The Kier molecular flexibility index (Phi) is 5.11. The van der Waals surface area contributed by atoms with Crippen LogP contribution >= 0.6 is 0 Å². The average molecular weight is 313 g/mol. The maximum Gasteiger partial charge on any atom is 0.264 e. The highest BCUT2D eigenvalue weighted by molar-refractivity contribution is 5.81. The third-order valence-corrected chi connectivity index (χ3v) is 3.46. The molecule has 5 heteroatoms. The molecule has 1 aliphatic heterocycles. The predicted molar refractivity (Wildman–Crippen MR) is 85.5 cm³/mol. The van der Waals surface area contributed by atoms with Gasteiger partial charge >= 0.3 is 0 Å². The molecule has 1 heterocycles. The molecular weight excluding hydrogens is 294 g/mol. The van der Waals surface area contributed by atoms with Gasteiger partial charge in [-0.3, -0.25) is 4.79 Å². The Morgan fingerprint density at radius 1 is 1.09 bits per heavy atom. The number of nitrogens with one attached hydrogen (secondary N) is 1. The van der Waals surface area contributed by atoms with Crippen molar-refractivity contribution >= 4 is 5.91 Å². The Labute approximate surface area is 135 Å². The fourth-order valence-corrected chi connectivity index (χ4v) is 2.27. The highest BCUT2D eigenvalue weighted by atomic mass is 16.6.